The average molecular weight is 184 g/mol. The molecule has 0 amide bonds. The molecule has 0 radical (unpaired) electrons. The van der Waals surface area contributed by atoms with Crippen LogP contribution in [0.25, 0.3) is 0 Å². The van der Waals surface area contributed by atoms with Crippen LogP contribution in [-0.4, -0.2) is 12.3 Å². The third kappa shape index (κ3) is 3.34. The van der Waals surface area contributed by atoms with Crippen LogP contribution in [-0.2, 0) is 4.74 Å². The van der Waals surface area contributed by atoms with E-state index in [1.54, 1.807) is 0 Å². The van der Waals surface area contributed by atoms with Gasteiger partial charge in [-0.25, -0.2) is 0 Å². The lowest BCUT2D eigenvalue weighted by molar-refractivity contribution is 0.315. The molecule has 0 saturated carbocycles. The molecular weight excluding hydrogens is 172 g/mol. The summed E-state index contributed by atoms with van der Waals surface area (Å²) >= 11 is 4.69. The van der Waals surface area contributed by atoms with Gasteiger partial charge in [0.15, 0.2) is 0 Å². The van der Waals surface area contributed by atoms with Gasteiger partial charge in [0, 0.05) is 12.2 Å². The number of thiocarbonyl (C=S) groups is 1. The lowest BCUT2D eigenvalue weighted by Crippen LogP contribution is -2.06. The Kier molecular flexibility index (Phi) is 5.04. The Balaban J connectivity index is 0.00000121. The molecule has 0 atom stereocenters. The summed E-state index contributed by atoms with van der Waals surface area (Å²) in [6, 6.07) is 9.26. The minimum atomic E-state index is 0. The standard InChI is InChI=1S/C8H8O2S.CH4/c1-9-8(11)10-7-5-3-2-4-6-7;/h2-6H,1H3;1H4. The van der Waals surface area contributed by atoms with Crippen LogP contribution in [0.1, 0.15) is 7.43 Å². The second kappa shape index (κ2) is 5.55. The summed E-state index contributed by atoms with van der Waals surface area (Å²) in [6.07, 6.45) is 0. The van der Waals surface area contributed by atoms with Crippen molar-refractivity contribution < 1.29 is 9.47 Å². The summed E-state index contributed by atoms with van der Waals surface area (Å²) in [5.74, 6) is 0.694. The van der Waals surface area contributed by atoms with Crippen LogP contribution in [0.4, 0.5) is 0 Å². The smallest absolute Gasteiger partial charge is 0.357 e. The molecular formula is C9H12O2S. The van der Waals surface area contributed by atoms with Crippen LogP contribution < -0.4 is 4.74 Å². The maximum Gasteiger partial charge on any atom is 0.357 e. The number of benzene rings is 1. The van der Waals surface area contributed by atoms with Crippen molar-refractivity contribution in [2.24, 2.45) is 0 Å². The molecule has 0 aliphatic rings. The van der Waals surface area contributed by atoms with Crippen molar-refractivity contribution in [3.8, 4) is 5.75 Å². The number of methoxy groups -OCH3 is 1. The third-order valence-electron chi connectivity index (χ3n) is 1.11. The van der Waals surface area contributed by atoms with Crippen LogP contribution >= 0.6 is 12.2 Å². The Morgan fingerprint density at radius 1 is 1.25 bits per heavy atom. The number of para-hydroxylation sites is 1. The van der Waals surface area contributed by atoms with Crippen LogP contribution in [0, 0.1) is 0 Å². The van der Waals surface area contributed by atoms with E-state index in [4.69, 9.17) is 17.0 Å². The third-order valence-corrected chi connectivity index (χ3v) is 1.36. The van der Waals surface area contributed by atoms with Gasteiger partial charge in [-0.05, 0) is 12.1 Å². The zero-order chi connectivity index (χ0) is 8.10. The zero-order valence-corrected chi connectivity index (χ0v) is 6.93. The first-order chi connectivity index (χ1) is 5.33. The van der Waals surface area contributed by atoms with Crippen molar-refractivity contribution in [1.82, 2.24) is 0 Å². The molecule has 0 spiro atoms. The van der Waals surface area contributed by atoms with Crippen molar-refractivity contribution in [2.45, 2.75) is 7.43 Å². The maximum atomic E-state index is 5.07. The van der Waals surface area contributed by atoms with Gasteiger partial charge in [-0.3, -0.25) is 0 Å². The maximum absolute atomic E-state index is 5.07. The van der Waals surface area contributed by atoms with E-state index >= 15 is 0 Å². The molecule has 0 saturated heterocycles. The van der Waals surface area contributed by atoms with Crippen LogP contribution in [0.3, 0.4) is 0 Å². The number of hydrogen-bond donors (Lipinski definition) is 0. The Bertz CT molecular complexity index is 234. The number of ether oxygens (including phenoxy) is 2. The van der Waals surface area contributed by atoms with Gasteiger partial charge in [-0.15, -0.1) is 0 Å². The highest BCUT2D eigenvalue weighted by atomic mass is 32.1. The van der Waals surface area contributed by atoms with E-state index in [-0.39, 0.29) is 12.7 Å². The van der Waals surface area contributed by atoms with Gasteiger partial charge in [0.05, 0.1) is 7.11 Å². The number of rotatable bonds is 1. The molecule has 3 heteroatoms. The molecule has 0 unspecified atom stereocenters. The highest BCUT2D eigenvalue weighted by molar-refractivity contribution is 7.79. The highest BCUT2D eigenvalue weighted by Gasteiger charge is 1.95. The van der Waals surface area contributed by atoms with E-state index in [9.17, 15) is 0 Å². The fourth-order valence-corrected chi connectivity index (χ4v) is 0.723. The van der Waals surface area contributed by atoms with E-state index in [0.29, 0.717) is 5.75 Å². The normalized spacial score (nSPS) is 8.08. The molecule has 1 aromatic rings. The van der Waals surface area contributed by atoms with Crippen molar-refractivity contribution in [3.05, 3.63) is 30.3 Å². The lowest BCUT2D eigenvalue weighted by Gasteiger charge is -2.03. The molecule has 2 nitrogen and oxygen atoms in total. The van der Waals surface area contributed by atoms with E-state index in [1.807, 2.05) is 30.3 Å². The highest BCUT2D eigenvalue weighted by Crippen LogP contribution is 2.08. The van der Waals surface area contributed by atoms with E-state index in [0.717, 1.165) is 0 Å². The Morgan fingerprint density at radius 2 is 1.83 bits per heavy atom. The average Bonchev–Trinajstić information content (AvgIpc) is 2.06. The molecule has 0 aliphatic heterocycles. The monoisotopic (exact) mass is 184 g/mol. The number of hydrogen-bond acceptors (Lipinski definition) is 3. The SMILES string of the molecule is C.COC(=S)Oc1ccccc1. The first kappa shape index (κ1) is 10.9. The predicted octanol–water partition coefficient (Wildman–Crippen LogP) is 2.63. The molecule has 1 aromatic carbocycles. The fraction of sp³-hybridized carbons (Fsp3) is 0.222. The second-order valence-corrected chi connectivity index (χ2v) is 2.20. The summed E-state index contributed by atoms with van der Waals surface area (Å²) in [5.41, 5.74) is 0. The summed E-state index contributed by atoms with van der Waals surface area (Å²) in [6.45, 7) is 0. The second-order valence-electron chi connectivity index (χ2n) is 1.87. The molecule has 0 bridgehead atoms. The largest absolute Gasteiger partial charge is 0.460 e. The molecule has 0 N–H and O–H groups in total. The summed E-state index contributed by atoms with van der Waals surface area (Å²) < 4.78 is 9.74. The zero-order valence-electron chi connectivity index (χ0n) is 6.11. The van der Waals surface area contributed by atoms with Gasteiger partial charge in [-0.1, -0.05) is 25.6 Å². The van der Waals surface area contributed by atoms with Crippen LogP contribution in [0.5, 0.6) is 5.75 Å². The van der Waals surface area contributed by atoms with Crippen molar-refractivity contribution in [3.63, 3.8) is 0 Å². The Morgan fingerprint density at radius 3 is 2.33 bits per heavy atom. The summed E-state index contributed by atoms with van der Waals surface area (Å²) in [7, 11) is 1.48. The minimum Gasteiger partial charge on any atom is -0.460 e. The first-order valence-corrected chi connectivity index (χ1v) is 3.54. The van der Waals surface area contributed by atoms with Crippen LogP contribution in [0.15, 0.2) is 30.3 Å². The minimum absolute atomic E-state index is 0. The van der Waals surface area contributed by atoms with Gasteiger partial charge in [-0.2, -0.15) is 0 Å². The quantitative estimate of drug-likeness (QED) is 0.625. The summed E-state index contributed by atoms with van der Waals surface area (Å²) in [5, 5.41) is 0.135. The van der Waals surface area contributed by atoms with Gasteiger partial charge in [0.2, 0.25) is 0 Å². The molecule has 66 valence electrons. The molecule has 0 heterocycles. The van der Waals surface area contributed by atoms with E-state index in [1.165, 1.54) is 7.11 Å². The Labute approximate surface area is 78.1 Å². The van der Waals surface area contributed by atoms with Crippen molar-refractivity contribution >= 4 is 17.5 Å². The molecule has 0 aliphatic carbocycles. The van der Waals surface area contributed by atoms with Gasteiger partial charge in [0.25, 0.3) is 0 Å². The molecule has 0 fully saturated rings. The molecule has 0 aromatic heterocycles. The van der Waals surface area contributed by atoms with Crippen LogP contribution in [0.2, 0.25) is 0 Å². The fourth-order valence-electron chi connectivity index (χ4n) is 0.626. The van der Waals surface area contributed by atoms with Gasteiger partial charge in [0.1, 0.15) is 5.75 Å². The van der Waals surface area contributed by atoms with Gasteiger partial charge >= 0.3 is 5.24 Å². The lowest BCUT2D eigenvalue weighted by atomic mass is 10.3. The first-order valence-electron chi connectivity index (χ1n) is 3.14. The van der Waals surface area contributed by atoms with Crippen molar-refractivity contribution in [2.75, 3.05) is 7.11 Å². The van der Waals surface area contributed by atoms with Crippen molar-refractivity contribution in [1.29, 1.82) is 0 Å². The predicted molar refractivity (Wildman–Crippen MR) is 53.4 cm³/mol. The van der Waals surface area contributed by atoms with Gasteiger partial charge < -0.3 is 9.47 Å². The van der Waals surface area contributed by atoms with E-state index < -0.39 is 0 Å². The summed E-state index contributed by atoms with van der Waals surface area (Å²) in [4.78, 5) is 0. The Hall–Kier alpha value is -1.09. The topological polar surface area (TPSA) is 18.5 Å². The molecule has 1 rings (SSSR count). The molecule has 12 heavy (non-hydrogen) atoms. The van der Waals surface area contributed by atoms with E-state index in [2.05, 4.69) is 4.74 Å².